The van der Waals surface area contributed by atoms with Crippen molar-refractivity contribution in [1.82, 2.24) is 19.6 Å². The molecule has 0 saturated heterocycles. The number of benzene rings is 1. The van der Waals surface area contributed by atoms with Gasteiger partial charge in [0.1, 0.15) is 12.2 Å². The summed E-state index contributed by atoms with van der Waals surface area (Å²) in [4.78, 5) is 23.1. The molecule has 2 N–H and O–H groups in total. The SMILES string of the molecule is Cc1ccccc1Cn1ccc(NC(=O)c2ccnn2CC(=O)O)n1. The van der Waals surface area contributed by atoms with Gasteiger partial charge in [-0.05, 0) is 24.1 Å². The molecule has 1 aromatic carbocycles. The highest BCUT2D eigenvalue weighted by Gasteiger charge is 2.15. The Morgan fingerprint density at radius 3 is 2.76 bits per heavy atom. The molecule has 0 bridgehead atoms. The monoisotopic (exact) mass is 339 g/mol. The molecular formula is C17H17N5O3. The van der Waals surface area contributed by atoms with Crippen LogP contribution in [0.1, 0.15) is 21.6 Å². The number of aliphatic carboxylic acids is 1. The molecule has 25 heavy (non-hydrogen) atoms. The normalized spacial score (nSPS) is 10.6. The third-order valence-electron chi connectivity index (χ3n) is 3.71. The molecule has 0 fully saturated rings. The van der Waals surface area contributed by atoms with Gasteiger partial charge in [-0.2, -0.15) is 10.2 Å². The molecule has 0 aliphatic heterocycles. The second-order valence-electron chi connectivity index (χ2n) is 5.55. The summed E-state index contributed by atoms with van der Waals surface area (Å²) in [5, 5.41) is 19.7. The zero-order valence-electron chi connectivity index (χ0n) is 13.6. The summed E-state index contributed by atoms with van der Waals surface area (Å²) in [5.41, 5.74) is 2.47. The van der Waals surface area contributed by atoms with Crippen LogP contribution in [0.25, 0.3) is 0 Å². The summed E-state index contributed by atoms with van der Waals surface area (Å²) in [6, 6.07) is 11.2. The lowest BCUT2D eigenvalue weighted by Gasteiger charge is -2.06. The molecule has 0 saturated carbocycles. The number of nitrogens with one attached hydrogen (secondary N) is 1. The van der Waals surface area contributed by atoms with Crippen molar-refractivity contribution in [3.8, 4) is 0 Å². The Labute approximate surface area is 143 Å². The van der Waals surface area contributed by atoms with E-state index in [2.05, 4.69) is 15.5 Å². The first-order chi connectivity index (χ1) is 12.0. The number of amides is 1. The van der Waals surface area contributed by atoms with Gasteiger partial charge >= 0.3 is 5.97 Å². The molecule has 2 aromatic heterocycles. The highest BCUT2D eigenvalue weighted by molar-refractivity contribution is 6.02. The molecule has 0 atom stereocenters. The Morgan fingerprint density at radius 2 is 2.00 bits per heavy atom. The lowest BCUT2D eigenvalue weighted by molar-refractivity contribution is -0.137. The van der Waals surface area contributed by atoms with Crippen molar-refractivity contribution >= 4 is 17.7 Å². The van der Waals surface area contributed by atoms with Crippen molar-refractivity contribution in [1.29, 1.82) is 0 Å². The lowest BCUT2D eigenvalue weighted by atomic mass is 10.1. The Balaban J connectivity index is 1.69. The van der Waals surface area contributed by atoms with Crippen molar-refractivity contribution in [2.75, 3.05) is 5.32 Å². The van der Waals surface area contributed by atoms with Crippen molar-refractivity contribution in [3.05, 3.63) is 65.6 Å². The van der Waals surface area contributed by atoms with Crippen LogP contribution in [0.2, 0.25) is 0 Å². The molecule has 3 aromatic rings. The third kappa shape index (κ3) is 3.92. The summed E-state index contributed by atoms with van der Waals surface area (Å²) >= 11 is 0. The van der Waals surface area contributed by atoms with Crippen LogP contribution < -0.4 is 5.32 Å². The smallest absolute Gasteiger partial charge is 0.325 e. The molecule has 2 heterocycles. The lowest BCUT2D eigenvalue weighted by Crippen LogP contribution is -2.21. The zero-order chi connectivity index (χ0) is 17.8. The molecule has 0 unspecified atom stereocenters. The third-order valence-corrected chi connectivity index (χ3v) is 3.71. The highest BCUT2D eigenvalue weighted by Crippen LogP contribution is 2.11. The zero-order valence-corrected chi connectivity index (χ0v) is 13.6. The Hall–Kier alpha value is -3.42. The average Bonchev–Trinajstić information content (AvgIpc) is 3.18. The number of anilines is 1. The minimum absolute atomic E-state index is 0.163. The van der Waals surface area contributed by atoms with Crippen molar-refractivity contribution in [2.24, 2.45) is 0 Å². The Kier molecular flexibility index (Phi) is 4.60. The second kappa shape index (κ2) is 7.00. The largest absolute Gasteiger partial charge is 0.480 e. The van der Waals surface area contributed by atoms with Gasteiger partial charge in [0.2, 0.25) is 0 Å². The second-order valence-corrected chi connectivity index (χ2v) is 5.55. The van der Waals surface area contributed by atoms with Gasteiger partial charge < -0.3 is 10.4 Å². The van der Waals surface area contributed by atoms with Crippen molar-refractivity contribution in [3.63, 3.8) is 0 Å². The fraction of sp³-hybridized carbons (Fsp3) is 0.176. The Morgan fingerprint density at radius 1 is 1.20 bits per heavy atom. The van der Waals surface area contributed by atoms with E-state index in [9.17, 15) is 9.59 Å². The predicted molar refractivity (Wildman–Crippen MR) is 90.3 cm³/mol. The summed E-state index contributed by atoms with van der Waals surface area (Å²) in [7, 11) is 0. The maximum atomic E-state index is 12.3. The maximum absolute atomic E-state index is 12.3. The van der Waals surface area contributed by atoms with Gasteiger partial charge in [-0.3, -0.25) is 14.3 Å². The summed E-state index contributed by atoms with van der Waals surface area (Å²) in [5.74, 6) is -1.14. The first-order valence-corrected chi connectivity index (χ1v) is 7.66. The molecule has 128 valence electrons. The predicted octanol–water partition coefficient (Wildman–Crippen LogP) is 1.77. The van der Waals surface area contributed by atoms with E-state index in [1.54, 1.807) is 16.9 Å². The number of hydrogen-bond acceptors (Lipinski definition) is 4. The molecule has 8 nitrogen and oxygen atoms in total. The first kappa shape index (κ1) is 16.4. The van der Waals surface area contributed by atoms with Crippen LogP contribution in [0.15, 0.2) is 48.8 Å². The quantitative estimate of drug-likeness (QED) is 0.712. The molecule has 0 spiro atoms. The number of carboxylic acid groups (broad SMARTS) is 1. The molecule has 0 aliphatic carbocycles. The van der Waals surface area contributed by atoms with Gasteiger partial charge in [-0.25, -0.2) is 4.68 Å². The minimum atomic E-state index is -1.07. The van der Waals surface area contributed by atoms with Gasteiger partial charge in [-0.1, -0.05) is 24.3 Å². The van der Waals surface area contributed by atoms with E-state index in [0.29, 0.717) is 12.4 Å². The topological polar surface area (TPSA) is 102 Å². The van der Waals surface area contributed by atoms with Crippen LogP contribution in [0.4, 0.5) is 5.82 Å². The Bertz CT molecular complexity index is 912. The van der Waals surface area contributed by atoms with Gasteiger partial charge in [0.05, 0.1) is 6.54 Å². The van der Waals surface area contributed by atoms with E-state index < -0.39 is 11.9 Å². The number of hydrogen-bond donors (Lipinski definition) is 2. The van der Waals surface area contributed by atoms with Crippen LogP contribution in [-0.4, -0.2) is 36.5 Å². The van der Waals surface area contributed by atoms with Crippen molar-refractivity contribution in [2.45, 2.75) is 20.0 Å². The van der Waals surface area contributed by atoms with Gasteiger partial charge in [0, 0.05) is 18.5 Å². The van der Waals surface area contributed by atoms with Gasteiger partial charge in [0.15, 0.2) is 5.82 Å². The van der Waals surface area contributed by atoms with E-state index in [1.165, 1.54) is 17.8 Å². The number of aromatic nitrogens is 4. The van der Waals surface area contributed by atoms with E-state index in [-0.39, 0.29) is 12.2 Å². The minimum Gasteiger partial charge on any atom is -0.480 e. The van der Waals surface area contributed by atoms with Gasteiger partial charge in [-0.15, -0.1) is 0 Å². The maximum Gasteiger partial charge on any atom is 0.325 e. The summed E-state index contributed by atoms with van der Waals surface area (Å²) in [6.45, 7) is 2.25. The van der Waals surface area contributed by atoms with E-state index in [0.717, 1.165) is 10.2 Å². The molecular weight excluding hydrogens is 322 g/mol. The van der Waals surface area contributed by atoms with Crippen molar-refractivity contribution < 1.29 is 14.7 Å². The van der Waals surface area contributed by atoms with Crippen LogP contribution in [-0.2, 0) is 17.9 Å². The number of aryl methyl sites for hydroxylation is 1. The number of carbonyl (C=O) groups is 2. The van der Waals surface area contributed by atoms with Crippen LogP contribution in [0, 0.1) is 6.92 Å². The standard InChI is InChI=1S/C17H17N5O3/c1-12-4-2-3-5-13(12)10-21-9-7-15(20-21)19-17(25)14-6-8-18-22(14)11-16(23)24/h2-9H,10-11H2,1H3,(H,23,24)(H,19,20,25). The van der Waals surface area contributed by atoms with E-state index >= 15 is 0 Å². The fourth-order valence-corrected chi connectivity index (χ4v) is 2.44. The molecule has 0 radical (unpaired) electrons. The number of carboxylic acids is 1. The van der Waals surface area contributed by atoms with Crippen LogP contribution in [0.5, 0.6) is 0 Å². The fourth-order valence-electron chi connectivity index (χ4n) is 2.44. The average molecular weight is 339 g/mol. The molecule has 1 amide bonds. The molecule has 3 rings (SSSR count). The summed E-state index contributed by atoms with van der Waals surface area (Å²) in [6.07, 6.45) is 3.16. The van der Waals surface area contributed by atoms with Crippen LogP contribution >= 0.6 is 0 Å². The van der Waals surface area contributed by atoms with Crippen LogP contribution in [0.3, 0.4) is 0 Å². The van der Waals surface area contributed by atoms with E-state index in [1.807, 2.05) is 31.2 Å². The number of nitrogens with zero attached hydrogens (tertiary/aromatic N) is 4. The first-order valence-electron chi connectivity index (χ1n) is 7.66. The van der Waals surface area contributed by atoms with Gasteiger partial charge in [0.25, 0.3) is 5.91 Å². The highest BCUT2D eigenvalue weighted by atomic mass is 16.4. The van der Waals surface area contributed by atoms with E-state index in [4.69, 9.17) is 5.11 Å². The number of carbonyl (C=O) groups excluding carboxylic acids is 1. The number of rotatable bonds is 6. The summed E-state index contributed by atoms with van der Waals surface area (Å²) < 4.78 is 2.86. The molecule has 8 heteroatoms. The molecule has 0 aliphatic rings.